The van der Waals surface area contributed by atoms with Crippen LogP contribution in [0.1, 0.15) is 12.8 Å². The molecule has 0 spiro atoms. The molecule has 0 aromatic rings. The third kappa shape index (κ3) is 3.82. The Kier molecular flexibility index (Phi) is 3.86. The zero-order chi connectivity index (χ0) is 8.20. The van der Waals surface area contributed by atoms with Gasteiger partial charge in [-0.25, -0.2) is 0 Å². The number of rotatable bonds is 4. The molecule has 3 nitrogen and oxygen atoms in total. The number of hydrogen-bond donors (Lipinski definition) is 2. The first-order valence-corrected chi connectivity index (χ1v) is 3.67. The molecule has 62 valence electrons. The van der Waals surface area contributed by atoms with Crippen molar-refractivity contribution >= 4 is 0 Å². The van der Waals surface area contributed by atoms with Crippen LogP contribution in [0.25, 0.3) is 0 Å². The largest absolute Gasteiger partial charge is 0.345 e. The summed E-state index contributed by atoms with van der Waals surface area (Å²) < 4.78 is 0.597. The summed E-state index contributed by atoms with van der Waals surface area (Å²) in [5, 5.41) is 9.43. The first kappa shape index (κ1) is 9.88. The molecule has 0 saturated heterocycles. The van der Waals surface area contributed by atoms with Gasteiger partial charge in [0.1, 0.15) is 0 Å². The summed E-state index contributed by atoms with van der Waals surface area (Å²) in [6.07, 6.45) is 1.42. The van der Waals surface area contributed by atoms with E-state index < -0.39 is 0 Å². The average molecular weight is 147 g/mol. The molecule has 3 heteroatoms. The van der Waals surface area contributed by atoms with E-state index in [1.807, 2.05) is 21.1 Å². The Morgan fingerprint density at radius 2 is 1.90 bits per heavy atom. The van der Waals surface area contributed by atoms with Gasteiger partial charge < -0.3 is 15.3 Å². The van der Waals surface area contributed by atoms with Crippen molar-refractivity contribution in [1.29, 1.82) is 0 Å². The molecule has 0 fully saturated rings. The van der Waals surface area contributed by atoms with Crippen LogP contribution in [0.2, 0.25) is 0 Å². The highest BCUT2D eigenvalue weighted by atomic mass is 16.3. The van der Waals surface area contributed by atoms with Gasteiger partial charge >= 0.3 is 0 Å². The Morgan fingerprint density at radius 1 is 1.40 bits per heavy atom. The molecule has 0 radical (unpaired) electrons. The Hall–Kier alpha value is -0.120. The van der Waals surface area contributed by atoms with Crippen molar-refractivity contribution in [3.8, 4) is 0 Å². The van der Waals surface area contributed by atoms with E-state index in [1.165, 1.54) is 0 Å². The smallest absolute Gasteiger partial charge is 0.189 e. The number of nitrogens with two attached hydrogens (primary N) is 1. The van der Waals surface area contributed by atoms with E-state index in [9.17, 15) is 5.11 Å². The fourth-order valence-electron chi connectivity index (χ4n) is 0.688. The van der Waals surface area contributed by atoms with Gasteiger partial charge in [-0.1, -0.05) is 0 Å². The van der Waals surface area contributed by atoms with Crippen molar-refractivity contribution in [2.75, 3.05) is 27.7 Å². The first-order chi connectivity index (χ1) is 4.48. The number of quaternary nitrogens is 1. The molecule has 0 aliphatic heterocycles. The summed E-state index contributed by atoms with van der Waals surface area (Å²) in [6, 6.07) is 0. The maximum atomic E-state index is 9.43. The van der Waals surface area contributed by atoms with Gasteiger partial charge in [0.15, 0.2) is 6.23 Å². The second kappa shape index (κ2) is 3.91. The maximum absolute atomic E-state index is 9.43. The van der Waals surface area contributed by atoms with Crippen LogP contribution in [0.3, 0.4) is 0 Å². The van der Waals surface area contributed by atoms with Gasteiger partial charge in [0.05, 0.1) is 21.1 Å². The predicted octanol–water partition coefficient (Wildman–Crippen LogP) is -0.250. The molecule has 0 aromatic heterocycles. The third-order valence-electron chi connectivity index (χ3n) is 1.56. The van der Waals surface area contributed by atoms with Crippen molar-refractivity contribution in [1.82, 2.24) is 0 Å². The highest BCUT2D eigenvalue weighted by molar-refractivity contribution is 4.43. The van der Waals surface area contributed by atoms with E-state index >= 15 is 0 Å². The highest BCUT2D eigenvalue weighted by Gasteiger charge is 2.18. The second-order valence-corrected chi connectivity index (χ2v) is 3.53. The molecule has 1 unspecified atom stereocenters. The van der Waals surface area contributed by atoms with E-state index in [0.29, 0.717) is 11.0 Å². The molecule has 0 aliphatic rings. The lowest BCUT2D eigenvalue weighted by molar-refractivity contribution is -0.919. The van der Waals surface area contributed by atoms with Gasteiger partial charge in [-0.05, 0) is 13.0 Å². The molecular formula is C7H19N2O+. The topological polar surface area (TPSA) is 46.2 Å². The Morgan fingerprint density at radius 3 is 2.20 bits per heavy atom. The lowest BCUT2D eigenvalue weighted by atomic mass is 10.2. The first-order valence-electron chi connectivity index (χ1n) is 3.67. The van der Waals surface area contributed by atoms with E-state index in [2.05, 4.69) is 0 Å². The van der Waals surface area contributed by atoms with Crippen molar-refractivity contribution < 1.29 is 9.59 Å². The van der Waals surface area contributed by atoms with Gasteiger partial charge in [0.25, 0.3) is 0 Å². The van der Waals surface area contributed by atoms with E-state index in [0.717, 1.165) is 12.8 Å². The highest BCUT2D eigenvalue weighted by Crippen LogP contribution is 2.04. The summed E-state index contributed by atoms with van der Waals surface area (Å²) in [7, 11) is 5.92. The van der Waals surface area contributed by atoms with E-state index in [4.69, 9.17) is 5.73 Å². The lowest BCUT2D eigenvalue weighted by Crippen LogP contribution is -2.45. The molecule has 10 heavy (non-hydrogen) atoms. The minimum Gasteiger partial charge on any atom is -0.345 e. The van der Waals surface area contributed by atoms with Crippen LogP contribution in [-0.4, -0.2) is 43.5 Å². The van der Waals surface area contributed by atoms with E-state index in [1.54, 1.807) is 0 Å². The number of aliphatic hydroxyl groups is 1. The fraction of sp³-hybridized carbons (Fsp3) is 1.00. The van der Waals surface area contributed by atoms with Crippen LogP contribution in [0.4, 0.5) is 0 Å². The van der Waals surface area contributed by atoms with Crippen molar-refractivity contribution in [2.24, 2.45) is 5.73 Å². The molecule has 1 atom stereocenters. The SMILES string of the molecule is C[N+](C)(C)C(O)CCCN. The molecule has 0 aromatic carbocycles. The summed E-state index contributed by atoms with van der Waals surface area (Å²) in [5.41, 5.74) is 5.30. The normalized spacial score (nSPS) is 15.3. The van der Waals surface area contributed by atoms with Crippen LogP contribution in [0.15, 0.2) is 0 Å². The van der Waals surface area contributed by atoms with Crippen molar-refractivity contribution in [3.63, 3.8) is 0 Å². The summed E-state index contributed by atoms with van der Waals surface area (Å²) in [4.78, 5) is 0. The molecule has 0 heterocycles. The molecule has 3 N–H and O–H groups in total. The second-order valence-electron chi connectivity index (χ2n) is 3.53. The van der Waals surface area contributed by atoms with Gasteiger partial charge in [0.2, 0.25) is 0 Å². The monoisotopic (exact) mass is 147 g/mol. The number of aliphatic hydroxyl groups excluding tert-OH is 1. The van der Waals surface area contributed by atoms with Crippen LogP contribution in [-0.2, 0) is 0 Å². The lowest BCUT2D eigenvalue weighted by Gasteiger charge is -2.29. The Labute approximate surface area is 63.0 Å². The van der Waals surface area contributed by atoms with Crippen LogP contribution in [0, 0.1) is 0 Å². The standard InChI is InChI=1S/C7H19N2O/c1-9(2,3)7(10)5-4-6-8/h7,10H,4-6,8H2,1-3H3/q+1. The quantitative estimate of drug-likeness (QED) is 0.425. The Bertz CT molecular complexity index is 88.1. The van der Waals surface area contributed by atoms with Gasteiger partial charge in [-0.2, -0.15) is 0 Å². The van der Waals surface area contributed by atoms with Gasteiger partial charge in [-0.3, -0.25) is 0 Å². The van der Waals surface area contributed by atoms with Gasteiger partial charge in [-0.15, -0.1) is 0 Å². The van der Waals surface area contributed by atoms with E-state index in [-0.39, 0.29) is 6.23 Å². The molecule has 0 saturated carbocycles. The third-order valence-corrected chi connectivity index (χ3v) is 1.56. The minimum atomic E-state index is -0.274. The molecule has 0 rings (SSSR count). The fourth-order valence-corrected chi connectivity index (χ4v) is 0.688. The summed E-state index contributed by atoms with van der Waals surface area (Å²) in [5.74, 6) is 0. The van der Waals surface area contributed by atoms with Crippen molar-refractivity contribution in [2.45, 2.75) is 19.1 Å². The number of hydrogen-bond acceptors (Lipinski definition) is 2. The van der Waals surface area contributed by atoms with Crippen molar-refractivity contribution in [3.05, 3.63) is 0 Å². The zero-order valence-corrected chi connectivity index (χ0v) is 7.17. The summed E-state index contributed by atoms with van der Waals surface area (Å²) >= 11 is 0. The molecular weight excluding hydrogens is 128 g/mol. The van der Waals surface area contributed by atoms with Crippen LogP contribution in [0.5, 0.6) is 0 Å². The predicted molar refractivity (Wildman–Crippen MR) is 42.3 cm³/mol. The molecule has 0 aliphatic carbocycles. The number of nitrogens with zero attached hydrogens (tertiary/aromatic N) is 1. The van der Waals surface area contributed by atoms with Crippen LogP contribution < -0.4 is 5.73 Å². The molecule has 0 bridgehead atoms. The summed E-state index contributed by atoms with van der Waals surface area (Å²) in [6.45, 7) is 0.664. The Balaban J connectivity index is 3.52. The van der Waals surface area contributed by atoms with Gasteiger partial charge in [0, 0.05) is 6.42 Å². The zero-order valence-electron chi connectivity index (χ0n) is 7.17. The molecule has 0 amide bonds. The maximum Gasteiger partial charge on any atom is 0.189 e. The van der Waals surface area contributed by atoms with Crippen LogP contribution >= 0.6 is 0 Å². The average Bonchev–Trinajstić information content (AvgIpc) is 1.80. The minimum absolute atomic E-state index is 0.274.